The largest absolute Gasteiger partial charge is 0.508 e. The van der Waals surface area contributed by atoms with E-state index in [1.807, 2.05) is 18.2 Å². The van der Waals surface area contributed by atoms with Gasteiger partial charge >= 0.3 is 5.97 Å². The summed E-state index contributed by atoms with van der Waals surface area (Å²) in [5, 5.41) is 26.8. The lowest BCUT2D eigenvalue weighted by Gasteiger charge is -2.21. The quantitative estimate of drug-likeness (QED) is 0.135. The predicted molar refractivity (Wildman–Crippen MR) is 140 cm³/mol. The standard InChI is InChI=1S/C26H30N6O7/c27-18(9-14-5-7-16(33)8-6-14)24(36)30-13-23(35)31-20(11-22(28)34)25(37)32-21(26(38)39)10-15-12-29-19-4-2-1-3-17(15)19/h1-8,12,18,20-21,29,33H,9-11,13,27H2,(H2,28,34)(H,30,36)(H,31,35)(H,32,37)(H,38,39). The van der Waals surface area contributed by atoms with Gasteiger partial charge in [-0.05, 0) is 35.7 Å². The van der Waals surface area contributed by atoms with E-state index in [0.717, 1.165) is 10.9 Å². The molecule has 0 fully saturated rings. The van der Waals surface area contributed by atoms with Gasteiger partial charge in [-0.25, -0.2) is 4.79 Å². The molecule has 4 amide bonds. The van der Waals surface area contributed by atoms with Crippen molar-refractivity contribution in [2.24, 2.45) is 11.5 Å². The maximum Gasteiger partial charge on any atom is 0.326 e. The number of fused-ring (bicyclic) bond motifs is 1. The van der Waals surface area contributed by atoms with Gasteiger partial charge in [0, 0.05) is 23.5 Å². The number of rotatable bonds is 13. The van der Waals surface area contributed by atoms with Crippen molar-refractivity contribution in [3.63, 3.8) is 0 Å². The Morgan fingerprint density at radius 2 is 1.59 bits per heavy atom. The summed E-state index contributed by atoms with van der Waals surface area (Å²) >= 11 is 0. The van der Waals surface area contributed by atoms with Gasteiger partial charge in [-0.15, -0.1) is 0 Å². The van der Waals surface area contributed by atoms with E-state index in [-0.39, 0.29) is 18.6 Å². The van der Waals surface area contributed by atoms with Crippen LogP contribution in [0, 0.1) is 0 Å². The van der Waals surface area contributed by atoms with Gasteiger partial charge in [-0.1, -0.05) is 30.3 Å². The highest BCUT2D eigenvalue weighted by Crippen LogP contribution is 2.19. The molecule has 1 aromatic heterocycles. The number of H-pyrrole nitrogens is 1. The van der Waals surface area contributed by atoms with E-state index in [1.165, 1.54) is 12.1 Å². The number of benzene rings is 2. The highest BCUT2D eigenvalue weighted by molar-refractivity contribution is 5.95. The molecule has 0 radical (unpaired) electrons. The average molecular weight is 539 g/mol. The van der Waals surface area contributed by atoms with Crippen LogP contribution in [0.4, 0.5) is 0 Å². The van der Waals surface area contributed by atoms with E-state index in [9.17, 15) is 34.2 Å². The molecule has 1 heterocycles. The second-order valence-electron chi connectivity index (χ2n) is 8.95. The molecule has 3 aromatic rings. The van der Waals surface area contributed by atoms with Crippen LogP contribution in [-0.4, -0.2) is 69.5 Å². The minimum atomic E-state index is -1.47. The van der Waals surface area contributed by atoms with Crippen molar-refractivity contribution < 1.29 is 34.2 Å². The van der Waals surface area contributed by atoms with Crippen molar-refractivity contribution >= 4 is 40.5 Å². The number of carbonyl (C=O) groups excluding carboxylic acids is 4. The lowest BCUT2D eigenvalue weighted by atomic mass is 10.0. The first-order valence-corrected chi connectivity index (χ1v) is 12.0. The fourth-order valence-electron chi connectivity index (χ4n) is 3.93. The number of nitrogens with two attached hydrogens (primary N) is 2. The minimum absolute atomic E-state index is 0.0582. The van der Waals surface area contributed by atoms with Crippen molar-refractivity contribution in [2.75, 3.05) is 6.54 Å². The van der Waals surface area contributed by atoms with E-state index in [1.54, 1.807) is 24.4 Å². The Bertz CT molecular complexity index is 1350. The molecule has 2 aromatic carbocycles. The molecule has 0 aliphatic carbocycles. The van der Waals surface area contributed by atoms with Gasteiger partial charge in [-0.2, -0.15) is 0 Å². The number of aromatic nitrogens is 1. The highest BCUT2D eigenvalue weighted by atomic mass is 16.4. The first kappa shape index (κ1) is 28.7. The molecule has 0 aliphatic rings. The van der Waals surface area contributed by atoms with Gasteiger partial charge in [0.05, 0.1) is 19.0 Å². The normalized spacial score (nSPS) is 13.2. The number of aromatic hydroxyl groups is 1. The van der Waals surface area contributed by atoms with Crippen LogP contribution in [0.15, 0.2) is 54.7 Å². The van der Waals surface area contributed by atoms with E-state index in [0.29, 0.717) is 11.1 Å². The lowest BCUT2D eigenvalue weighted by molar-refractivity contribution is -0.142. The number of aliphatic carboxylic acids is 1. The van der Waals surface area contributed by atoms with Crippen LogP contribution in [0.3, 0.4) is 0 Å². The van der Waals surface area contributed by atoms with Gasteiger partial charge in [0.2, 0.25) is 23.6 Å². The van der Waals surface area contributed by atoms with Crippen LogP contribution < -0.4 is 27.4 Å². The van der Waals surface area contributed by atoms with Gasteiger partial charge < -0.3 is 42.6 Å². The lowest BCUT2D eigenvalue weighted by Crippen LogP contribution is -2.55. The SMILES string of the molecule is NC(=O)CC(NC(=O)CNC(=O)C(N)Cc1ccc(O)cc1)C(=O)NC(Cc1c[nH]c2ccccc12)C(=O)O. The molecule has 0 aliphatic heterocycles. The third kappa shape index (κ3) is 8.30. The van der Waals surface area contributed by atoms with Crippen molar-refractivity contribution in [3.8, 4) is 5.75 Å². The minimum Gasteiger partial charge on any atom is -0.508 e. The average Bonchev–Trinajstić information content (AvgIpc) is 3.30. The zero-order chi connectivity index (χ0) is 28.5. The van der Waals surface area contributed by atoms with Crippen LogP contribution in [0.2, 0.25) is 0 Å². The number of hydrogen-bond acceptors (Lipinski definition) is 7. The summed E-state index contributed by atoms with van der Waals surface area (Å²) < 4.78 is 0. The summed E-state index contributed by atoms with van der Waals surface area (Å²) in [6.45, 7) is -0.553. The van der Waals surface area contributed by atoms with Crippen LogP contribution in [0.5, 0.6) is 5.75 Å². The fraction of sp³-hybridized carbons (Fsp3) is 0.269. The number of amides is 4. The van der Waals surface area contributed by atoms with Gasteiger partial charge in [-0.3, -0.25) is 19.2 Å². The number of aromatic amines is 1. The van der Waals surface area contributed by atoms with Gasteiger partial charge in [0.1, 0.15) is 17.8 Å². The van der Waals surface area contributed by atoms with Gasteiger partial charge in [0.15, 0.2) is 0 Å². The Morgan fingerprint density at radius 1 is 0.897 bits per heavy atom. The predicted octanol–water partition coefficient (Wildman–Crippen LogP) is -0.968. The van der Waals surface area contributed by atoms with Crippen LogP contribution in [0.25, 0.3) is 10.9 Å². The Hall–Kier alpha value is -4.91. The summed E-state index contributed by atoms with van der Waals surface area (Å²) in [7, 11) is 0. The molecule has 3 rings (SSSR count). The van der Waals surface area contributed by atoms with Crippen molar-refractivity contribution in [1.29, 1.82) is 0 Å². The van der Waals surface area contributed by atoms with Gasteiger partial charge in [0.25, 0.3) is 0 Å². The second kappa shape index (κ2) is 13.1. The maximum absolute atomic E-state index is 12.9. The molecule has 13 heteroatoms. The zero-order valence-electron chi connectivity index (χ0n) is 20.8. The molecule has 3 atom stereocenters. The number of phenols is 1. The number of primary amides is 1. The Kier molecular flexibility index (Phi) is 9.59. The van der Waals surface area contributed by atoms with E-state index in [2.05, 4.69) is 20.9 Å². The Balaban J connectivity index is 1.57. The number of carbonyl (C=O) groups is 5. The number of phenolic OH excluding ortho intramolecular Hbond substituents is 1. The summed E-state index contributed by atoms with van der Waals surface area (Å²) in [5.74, 6) is -4.53. The van der Waals surface area contributed by atoms with E-state index < -0.39 is 60.7 Å². The molecular formula is C26H30N6O7. The Labute approximate surface area is 222 Å². The smallest absolute Gasteiger partial charge is 0.326 e. The van der Waals surface area contributed by atoms with Crippen molar-refractivity contribution in [2.45, 2.75) is 37.4 Å². The monoisotopic (exact) mass is 538 g/mol. The Morgan fingerprint density at radius 3 is 2.26 bits per heavy atom. The molecule has 10 N–H and O–H groups in total. The molecule has 13 nitrogen and oxygen atoms in total. The molecule has 0 spiro atoms. The second-order valence-corrected chi connectivity index (χ2v) is 8.95. The van der Waals surface area contributed by atoms with E-state index >= 15 is 0 Å². The van der Waals surface area contributed by atoms with Crippen molar-refractivity contribution in [3.05, 3.63) is 65.9 Å². The van der Waals surface area contributed by atoms with E-state index in [4.69, 9.17) is 11.5 Å². The third-order valence-electron chi connectivity index (χ3n) is 5.92. The molecule has 206 valence electrons. The zero-order valence-corrected chi connectivity index (χ0v) is 20.8. The number of carboxylic acid groups (broad SMARTS) is 1. The number of hydrogen-bond donors (Lipinski definition) is 8. The first-order valence-electron chi connectivity index (χ1n) is 12.0. The number of para-hydroxylation sites is 1. The first-order chi connectivity index (χ1) is 18.5. The molecule has 3 unspecified atom stereocenters. The molecule has 0 bridgehead atoms. The number of carboxylic acids is 1. The molecular weight excluding hydrogens is 508 g/mol. The molecule has 0 saturated carbocycles. The summed E-state index contributed by atoms with van der Waals surface area (Å²) in [4.78, 5) is 64.0. The summed E-state index contributed by atoms with van der Waals surface area (Å²) in [5.41, 5.74) is 13.2. The summed E-state index contributed by atoms with van der Waals surface area (Å²) in [6.07, 6.45) is 1.14. The number of nitrogens with one attached hydrogen (secondary N) is 4. The van der Waals surface area contributed by atoms with Crippen LogP contribution in [0.1, 0.15) is 17.5 Å². The topological polar surface area (TPSA) is 230 Å². The van der Waals surface area contributed by atoms with Crippen LogP contribution in [-0.2, 0) is 36.8 Å². The van der Waals surface area contributed by atoms with Crippen molar-refractivity contribution in [1.82, 2.24) is 20.9 Å². The fourth-order valence-corrected chi connectivity index (χ4v) is 3.93. The highest BCUT2D eigenvalue weighted by Gasteiger charge is 2.29. The third-order valence-corrected chi connectivity index (χ3v) is 5.92. The summed E-state index contributed by atoms with van der Waals surface area (Å²) in [6, 6.07) is 9.54. The van der Waals surface area contributed by atoms with Crippen LogP contribution >= 0.6 is 0 Å². The molecule has 39 heavy (non-hydrogen) atoms. The maximum atomic E-state index is 12.9. The molecule has 0 saturated heterocycles.